The van der Waals surface area contributed by atoms with Crippen molar-refractivity contribution in [2.45, 2.75) is 102 Å². The smallest absolute Gasteiger partial charge is 0.748 e. The second-order valence-electron chi connectivity index (χ2n) is 8.13. The first-order chi connectivity index (χ1) is 13.3. The molecule has 6 nitrogen and oxygen atoms in total. The molecule has 0 spiro atoms. The monoisotopic (exact) mass is 442 g/mol. The van der Waals surface area contributed by atoms with Gasteiger partial charge in [0, 0.05) is 18.2 Å². The van der Waals surface area contributed by atoms with E-state index in [0.717, 1.165) is 77.3 Å². The zero-order chi connectivity index (χ0) is 21.3. The van der Waals surface area contributed by atoms with Gasteiger partial charge in [-0.2, -0.15) is 0 Å². The van der Waals surface area contributed by atoms with Gasteiger partial charge in [0.15, 0.2) is 0 Å². The van der Waals surface area contributed by atoms with Gasteiger partial charge in [-0.05, 0) is 46.3 Å². The van der Waals surface area contributed by atoms with E-state index in [1.807, 2.05) is 14.1 Å². The molecule has 0 aromatic carbocycles. The first-order valence-corrected chi connectivity index (χ1v) is 12.6. The number of amides is 1. The standard InChI is InChI=1S/C21H44N2O4S.Na/c1-4-5-6-8-11-15-20(28(25,26)27)16-12-9-7-10-13-17-21(24)22-18-14-19-23(2)3;/h20H,4-19H2,1-3H3,(H,22,24)(H,25,26,27);/q;+1/p-1. The molecule has 1 atom stereocenters. The summed E-state index contributed by atoms with van der Waals surface area (Å²) in [5.74, 6) is 0.111. The van der Waals surface area contributed by atoms with Gasteiger partial charge in [0.2, 0.25) is 5.91 Å². The predicted octanol–water partition coefficient (Wildman–Crippen LogP) is 1.06. The van der Waals surface area contributed by atoms with Crippen molar-refractivity contribution in [3.63, 3.8) is 0 Å². The van der Waals surface area contributed by atoms with Crippen LogP contribution in [0.4, 0.5) is 0 Å². The van der Waals surface area contributed by atoms with Gasteiger partial charge >= 0.3 is 29.6 Å². The molecular weight excluding hydrogens is 399 g/mol. The van der Waals surface area contributed by atoms with E-state index in [9.17, 15) is 17.8 Å². The quantitative estimate of drug-likeness (QED) is 0.184. The SMILES string of the molecule is CCCCCCCC(CCCCCCCC(=O)NCCCN(C)C)S(=O)(=O)[O-].[Na+]. The van der Waals surface area contributed by atoms with Gasteiger partial charge in [0.1, 0.15) is 0 Å². The summed E-state index contributed by atoms with van der Waals surface area (Å²) >= 11 is 0. The third-order valence-corrected chi connectivity index (χ3v) is 6.36. The summed E-state index contributed by atoms with van der Waals surface area (Å²) in [5.41, 5.74) is 0. The molecule has 0 radical (unpaired) electrons. The molecule has 1 amide bonds. The predicted molar refractivity (Wildman–Crippen MR) is 115 cm³/mol. The summed E-state index contributed by atoms with van der Waals surface area (Å²) in [6.07, 6.45) is 12.3. The number of nitrogens with zero attached hydrogens (tertiary/aromatic N) is 1. The van der Waals surface area contributed by atoms with Crippen LogP contribution in [-0.2, 0) is 14.9 Å². The zero-order valence-electron chi connectivity index (χ0n) is 19.4. The third-order valence-electron chi connectivity index (χ3n) is 5.07. The maximum Gasteiger partial charge on any atom is 1.00 e. The van der Waals surface area contributed by atoms with E-state index >= 15 is 0 Å². The molecule has 168 valence electrons. The van der Waals surface area contributed by atoms with Gasteiger partial charge in [-0.25, -0.2) is 8.42 Å². The molecule has 0 aliphatic rings. The summed E-state index contributed by atoms with van der Waals surface area (Å²) < 4.78 is 34.3. The minimum absolute atomic E-state index is 0. The fraction of sp³-hybridized carbons (Fsp3) is 0.952. The van der Waals surface area contributed by atoms with Crippen molar-refractivity contribution in [2.24, 2.45) is 0 Å². The average molecular weight is 443 g/mol. The van der Waals surface area contributed by atoms with Crippen LogP contribution in [-0.4, -0.2) is 56.2 Å². The number of hydrogen-bond donors (Lipinski definition) is 1. The Hall–Kier alpha value is 0.340. The zero-order valence-corrected chi connectivity index (χ0v) is 22.2. The number of nitrogens with one attached hydrogen (secondary N) is 1. The number of carbonyl (C=O) groups excluding carboxylic acids is 1. The number of carbonyl (C=O) groups is 1. The summed E-state index contributed by atoms with van der Waals surface area (Å²) in [7, 11) is -0.153. The molecule has 0 aromatic rings. The molecule has 0 saturated heterocycles. The fourth-order valence-electron chi connectivity index (χ4n) is 3.31. The van der Waals surface area contributed by atoms with Crippen LogP contribution in [0.5, 0.6) is 0 Å². The van der Waals surface area contributed by atoms with E-state index in [4.69, 9.17) is 0 Å². The summed E-state index contributed by atoms with van der Waals surface area (Å²) in [6.45, 7) is 3.84. The Morgan fingerprint density at radius 3 is 1.93 bits per heavy atom. The van der Waals surface area contributed by atoms with E-state index < -0.39 is 15.4 Å². The molecule has 0 heterocycles. The topological polar surface area (TPSA) is 89.5 Å². The van der Waals surface area contributed by atoms with Gasteiger partial charge in [-0.1, -0.05) is 64.7 Å². The van der Waals surface area contributed by atoms with Crippen molar-refractivity contribution < 1.29 is 47.3 Å². The van der Waals surface area contributed by atoms with Gasteiger partial charge in [-0.3, -0.25) is 4.79 Å². The van der Waals surface area contributed by atoms with Crippen molar-refractivity contribution in [2.75, 3.05) is 27.2 Å². The molecular formula is C21H43N2NaO4S. The second kappa shape index (κ2) is 20.3. The average Bonchev–Trinajstić information content (AvgIpc) is 2.61. The molecule has 29 heavy (non-hydrogen) atoms. The normalized spacial score (nSPS) is 12.6. The Kier molecular flexibility index (Phi) is 22.0. The largest absolute Gasteiger partial charge is 1.00 e. The minimum Gasteiger partial charge on any atom is -0.748 e. The molecule has 8 heteroatoms. The van der Waals surface area contributed by atoms with Crippen LogP contribution in [0.15, 0.2) is 0 Å². The van der Waals surface area contributed by atoms with E-state index in [1.54, 1.807) is 0 Å². The number of unbranched alkanes of at least 4 members (excludes halogenated alkanes) is 8. The second-order valence-corrected chi connectivity index (χ2v) is 9.78. The van der Waals surface area contributed by atoms with Crippen LogP contribution >= 0.6 is 0 Å². The Morgan fingerprint density at radius 2 is 1.41 bits per heavy atom. The first kappa shape index (κ1) is 31.5. The Bertz CT molecular complexity index is 487. The molecule has 0 aromatic heterocycles. The molecule has 0 fully saturated rings. The van der Waals surface area contributed by atoms with E-state index in [2.05, 4.69) is 17.1 Å². The molecule has 1 N–H and O–H groups in total. The van der Waals surface area contributed by atoms with Crippen molar-refractivity contribution >= 4 is 16.0 Å². The molecule has 0 rings (SSSR count). The van der Waals surface area contributed by atoms with Gasteiger partial charge in [0.05, 0.1) is 10.1 Å². The number of hydrogen-bond acceptors (Lipinski definition) is 5. The molecule has 0 aliphatic carbocycles. The Morgan fingerprint density at radius 1 is 0.897 bits per heavy atom. The van der Waals surface area contributed by atoms with Crippen molar-refractivity contribution in [1.29, 1.82) is 0 Å². The van der Waals surface area contributed by atoms with Crippen LogP contribution in [0.1, 0.15) is 96.8 Å². The van der Waals surface area contributed by atoms with Crippen molar-refractivity contribution in [1.82, 2.24) is 10.2 Å². The van der Waals surface area contributed by atoms with Crippen LogP contribution < -0.4 is 34.9 Å². The summed E-state index contributed by atoms with van der Waals surface area (Å²) in [6, 6.07) is 0. The minimum atomic E-state index is -4.19. The fourth-order valence-corrected chi connectivity index (χ4v) is 4.22. The van der Waals surface area contributed by atoms with Crippen molar-refractivity contribution in [3.8, 4) is 0 Å². The Labute approximate surface area is 202 Å². The summed E-state index contributed by atoms with van der Waals surface area (Å²) in [5, 5.41) is 2.22. The van der Waals surface area contributed by atoms with Gasteiger partial charge in [-0.15, -0.1) is 0 Å². The maximum atomic E-state index is 11.7. The maximum absolute atomic E-state index is 11.7. The summed E-state index contributed by atoms with van der Waals surface area (Å²) in [4.78, 5) is 13.8. The van der Waals surface area contributed by atoms with Gasteiger partial charge in [0.25, 0.3) is 0 Å². The molecule has 0 saturated carbocycles. The third kappa shape index (κ3) is 21.4. The van der Waals surface area contributed by atoms with E-state index in [1.165, 1.54) is 6.42 Å². The first-order valence-electron chi connectivity index (χ1n) is 11.1. The number of rotatable bonds is 19. The Balaban J connectivity index is 0. The van der Waals surface area contributed by atoms with Crippen LogP contribution in [0.2, 0.25) is 0 Å². The van der Waals surface area contributed by atoms with Gasteiger partial charge < -0.3 is 14.8 Å². The van der Waals surface area contributed by atoms with Crippen molar-refractivity contribution in [3.05, 3.63) is 0 Å². The van der Waals surface area contributed by atoms with Crippen LogP contribution in [0, 0.1) is 0 Å². The van der Waals surface area contributed by atoms with Crippen LogP contribution in [0.25, 0.3) is 0 Å². The molecule has 0 aliphatic heterocycles. The van der Waals surface area contributed by atoms with E-state index in [-0.39, 0.29) is 35.5 Å². The molecule has 0 bridgehead atoms. The van der Waals surface area contributed by atoms with Crippen LogP contribution in [0.3, 0.4) is 0 Å². The van der Waals surface area contributed by atoms with E-state index in [0.29, 0.717) is 19.3 Å². The molecule has 1 unspecified atom stereocenters.